The summed E-state index contributed by atoms with van der Waals surface area (Å²) in [5.41, 5.74) is 1.55. The molecule has 0 N–H and O–H groups in total. The Balaban J connectivity index is 1.26. The normalized spacial score (nSPS) is 17.4. The van der Waals surface area contributed by atoms with Crippen molar-refractivity contribution in [2.45, 2.75) is 57.8 Å². The highest BCUT2D eigenvalue weighted by atomic mass is 32.1. The fraction of sp³-hybridized carbons (Fsp3) is 0.583. The molecular formula is C24H32N4O3S. The van der Waals surface area contributed by atoms with Crippen LogP contribution in [0.15, 0.2) is 18.2 Å². The predicted octanol–water partition coefficient (Wildman–Crippen LogP) is 4.21. The number of carbonyl (C=O) groups is 2. The highest BCUT2D eigenvalue weighted by molar-refractivity contribution is 7.15. The molecule has 0 bridgehead atoms. The van der Waals surface area contributed by atoms with Crippen LogP contribution in [-0.4, -0.2) is 60.1 Å². The third-order valence-corrected chi connectivity index (χ3v) is 7.66. The molecule has 1 aromatic heterocycles. The van der Waals surface area contributed by atoms with Gasteiger partial charge in [0.1, 0.15) is 10.8 Å². The fourth-order valence-electron chi connectivity index (χ4n) is 4.57. The van der Waals surface area contributed by atoms with Crippen molar-refractivity contribution >= 4 is 28.2 Å². The molecule has 7 nitrogen and oxygen atoms in total. The number of aryl methyl sites for hydroxylation is 1. The zero-order valence-electron chi connectivity index (χ0n) is 19.0. The van der Waals surface area contributed by atoms with E-state index in [4.69, 9.17) is 4.74 Å². The van der Waals surface area contributed by atoms with Crippen molar-refractivity contribution in [1.82, 2.24) is 15.1 Å². The van der Waals surface area contributed by atoms with Crippen LogP contribution < -0.4 is 9.64 Å². The van der Waals surface area contributed by atoms with Crippen molar-refractivity contribution in [3.05, 3.63) is 34.3 Å². The third kappa shape index (κ3) is 5.28. The molecule has 2 fully saturated rings. The van der Waals surface area contributed by atoms with Crippen molar-refractivity contribution in [3.63, 3.8) is 0 Å². The van der Waals surface area contributed by atoms with Gasteiger partial charge in [-0.3, -0.25) is 9.59 Å². The van der Waals surface area contributed by atoms with E-state index in [0.717, 1.165) is 23.8 Å². The molecule has 1 aliphatic heterocycles. The summed E-state index contributed by atoms with van der Waals surface area (Å²) in [5.74, 6) is 1.11. The number of rotatable bonds is 7. The lowest BCUT2D eigenvalue weighted by Gasteiger charge is -2.34. The fourth-order valence-corrected chi connectivity index (χ4v) is 5.63. The molecule has 2 heterocycles. The Morgan fingerprint density at radius 1 is 1.06 bits per heavy atom. The smallest absolute Gasteiger partial charge is 0.223 e. The Hall–Kier alpha value is -2.48. The molecule has 2 aliphatic rings. The Morgan fingerprint density at radius 3 is 2.53 bits per heavy atom. The highest BCUT2D eigenvalue weighted by Gasteiger charge is 2.26. The van der Waals surface area contributed by atoms with Gasteiger partial charge in [0.2, 0.25) is 11.0 Å². The summed E-state index contributed by atoms with van der Waals surface area (Å²) in [6.45, 7) is 4.75. The van der Waals surface area contributed by atoms with Crippen LogP contribution >= 0.6 is 11.3 Å². The van der Waals surface area contributed by atoms with Crippen molar-refractivity contribution < 1.29 is 14.3 Å². The molecular weight excluding hydrogens is 424 g/mol. The van der Waals surface area contributed by atoms with Crippen LogP contribution in [-0.2, 0) is 4.79 Å². The molecule has 172 valence electrons. The van der Waals surface area contributed by atoms with Crippen LogP contribution in [0.1, 0.15) is 71.8 Å². The molecule has 1 saturated heterocycles. The van der Waals surface area contributed by atoms with E-state index in [2.05, 4.69) is 15.1 Å². The summed E-state index contributed by atoms with van der Waals surface area (Å²) in [7, 11) is 1.56. The molecule has 4 rings (SSSR count). The van der Waals surface area contributed by atoms with Crippen LogP contribution in [0, 0.1) is 6.92 Å². The van der Waals surface area contributed by atoms with E-state index in [1.807, 2.05) is 24.0 Å². The van der Waals surface area contributed by atoms with Crippen molar-refractivity contribution in [1.29, 1.82) is 0 Å². The summed E-state index contributed by atoms with van der Waals surface area (Å²) in [6.07, 6.45) is 6.79. The van der Waals surface area contributed by atoms with E-state index in [9.17, 15) is 9.59 Å². The summed E-state index contributed by atoms with van der Waals surface area (Å²) in [4.78, 5) is 29.5. The number of aromatic nitrogens is 2. The number of ketones is 1. The van der Waals surface area contributed by atoms with Crippen LogP contribution in [0.25, 0.3) is 0 Å². The number of hydrogen-bond donors (Lipinski definition) is 0. The number of nitrogens with zero attached hydrogens (tertiary/aromatic N) is 4. The molecule has 1 aliphatic carbocycles. The lowest BCUT2D eigenvalue weighted by Crippen LogP contribution is -2.48. The number of benzene rings is 1. The summed E-state index contributed by atoms with van der Waals surface area (Å²) >= 11 is 1.72. The maximum absolute atomic E-state index is 12.7. The second-order valence-electron chi connectivity index (χ2n) is 8.75. The molecule has 1 amide bonds. The van der Waals surface area contributed by atoms with Crippen molar-refractivity contribution in [3.8, 4) is 5.75 Å². The van der Waals surface area contributed by atoms with Crippen molar-refractivity contribution in [2.24, 2.45) is 0 Å². The molecule has 8 heteroatoms. The van der Waals surface area contributed by atoms with Gasteiger partial charge in [0.05, 0.1) is 12.7 Å². The van der Waals surface area contributed by atoms with E-state index in [0.29, 0.717) is 30.3 Å². The summed E-state index contributed by atoms with van der Waals surface area (Å²) < 4.78 is 5.31. The first-order valence-electron chi connectivity index (χ1n) is 11.6. The van der Waals surface area contributed by atoms with Gasteiger partial charge in [-0.2, -0.15) is 0 Å². The molecule has 1 saturated carbocycles. The van der Waals surface area contributed by atoms with E-state index >= 15 is 0 Å². The predicted molar refractivity (Wildman–Crippen MR) is 126 cm³/mol. The molecule has 0 radical (unpaired) electrons. The van der Waals surface area contributed by atoms with E-state index < -0.39 is 0 Å². The molecule has 0 atom stereocenters. The third-order valence-electron chi connectivity index (χ3n) is 6.51. The molecule has 32 heavy (non-hydrogen) atoms. The molecule has 2 aromatic rings. The first-order chi connectivity index (χ1) is 15.5. The number of anilines is 1. The largest absolute Gasteiger partial charge is 0.496 e. The lowest BCUT2D eigenvalue weighted by molar-refractivity contribution is -0.131. The van der Waals surface area contributed by atoms with E-state index in [1.165, 1.54) is 37.1 Å². The topological polar surface area (TPSA) is 75.6 Å². The average Bonchev–Trinajstić information content (AvgIpc) is 3.33. The van der Waals surface area contributed by atoms with Gasteiger partial charge in [0.25, 0.3) is 0 Å². The Kier molecular flexibility index (Phi) is 7.40. The number of methoxy groups -OCH3 is 1. The van der Waals surface area contributed by atoms with Gasteiger partial charge >= 0.3 is 0 Å². The van der Waals surface area contributed by atoms with Gasteiger partial charge in [0.15, 0.2) is 5.78 Å². The van der Waals surface area contributed by atoms with Crippen LogP contribution in [0.3, 0.4) is 0 Å². The van der Waals surface area contributed by atoms with Gasteiger partial charge < -0.3 is 14.5 Å². The number of hydrogen-bond acceptors (Lipinski definition) is 7. The van der Waals surface area contributed by atoms with Gasteiger partial charge in [0, 0.05) is 44.9 Å². The number of ether oxygens (including phenoxy) is 1. The Morgan fingerprint density at radius 2 is 1.81 bits per heavy atom. The van der Waals surface area contributed by atoms with Gasteiger partial charge in [-0.1, -0.05) is 42.2 Å². The second kappa shape index (κ2) is 10.4. The van der Waals surface area contributed by atoms with Crippen LogP contribution in [0.5, 0.6) is 5.75 Å². The van der Waals surface area contributed by atoms with E-state index in [-0.39, 0.29) is 24.5 Å². The maximum Gasteiger partial charge on any atom is 0.223 e. The van der Waals surface area contributed by atoms with E-state index in [1.54, 1.807) is 24.5 Å². The monoisotopic (exact) mass is 456 g/mol. The standard InChI is InChI=1S/C24H32N4O3S/c1-17-8-10-21(31-2)19(16-17)20(29)9-11-22(30)27-12-14-28(15-13-27)24-26-25-23(32-24)18-6-4-3-5-7-18/h8,10,16,18H,3-7,9,11-15H2,1-2H3. The van der Waals surface area contributed by atoms with Crippen molar-refractivity contribution in [2.75, 3.05) is 38.2 Å². The first kappa shape index (κ1) is 22.7. The first-order valence-corrected chi connectivity index (χ1v) is 12.4. The minimum Gasteiger partial charge on any atom is -0.496 e. The second-order valence-corrected chi connectivity index (χ2v) is 9.74. The molecule has 1 aromatic carbocycles. The lowest BCUT2D eigenvalue weighted by atomic mass is 9.90. The van der Waals surface area contributed by atoms with Crippen LogP contribution in [0.2, 0.25) is 0 Å². The SMILES string of the molecule is COc1ccc(C)cc1C(=O)CCC(=O)N1CCN(c2nnc(C3CCCCC3)s2)CC1. The quantitative estimate of drug-likeness (QED) is 0.581. The van der Waals surface area contributed by atoms with Gasteiger partial charge in [-0.15, -0.1) is 10.2 Å². The number of Topliss-reactive ketones (excluding diaryl/α,β-unsaturated/α-hetero) is 1. The number of piperazine rings is 1. The number of amides is 1. The zero-order valence-corrected chi connectivity index (χ0v) is 19.8. The molecule has 0 unspecified atom stereocenters. The summed E-state index contributed by atoms with van der Waals surface area (Å²) in [6, 6.07) is 5.54. The Bertz CT molecular complexity index is 946. The van der Waals surface area contributed by atoms with Crippen LogP contribution in [0.4, 0.5) is 5.13 Å². The summed E-state index contributed by atoms with van der Waals surface area (Å²) in [5, 5.41) is 11.0. The maximum atomic E-state index is 12.7. The minimum absolute atomic E-state index is 0.0322. The zero-order chi connectivity index (χ0) is 22.5. The van der Waals surface area contributed by atoms with Gasteiger partial charge in [-0.25, -0.2) is 0 Å². The number of carbonyl (C=O) groups excluding carboxylic acids is 2. The Labute approximate surface area is 193 Å². The average molecular weight is 457 g/mol. The van der Waals surface area contributed by atoms with Gasteiger partial charge in [-0.05, 0) is 31.9 Å². The minimum atomic E-state index is -0.0540. The molecule has 0 spiro atoms. The highest BCUT2D eigenvalue weighted by Crippen LogP contribution is 2.36.